The van der Waals surface area contributed by atoms with Gasteiger partial charge in [-0.2, -0.15) is 0 Å². The molecule has 2 fully saturated rings. The second kappa shape index (κ2) is 4.75. The fourth-order valence-corrected chi connectivity index (χ4v) is 2.04. The van der Waals surface area contributed by atoms with E-state index in [1.165, 1.54) is 0 Å². The Morgan fingerprint density at radius 1 is 1.29 bits per heavy atom. The summed E-state index contributed by atoms with van der Waals surface area (Å²) in [6, 6.07) is 0.344. The van der Waals surface area contributed by atoms with Crippen molar-refractivity contribution >= 4 is 5.91 Å². The number of amides is 1. The Kier molecular flexibility index (Phi) is 3.37. The van der Waals surface area contributed by atoms with E-state index in [0.717, 1.165) is 45.6 Å². The molecule has 2 N–H and O–H groups in total. The standard InChI is InChI=1S/C10H18N2O2/c13-10(8-1-4-11-7-8)12-9-2-5-14-6-3-9/h8-9,11H,1-7H2,(H,12,13). The largest absolute Gasteiger partial charge is 0.381 e. The van der Waals surface area contributed by atoms with Gasteiger partial charge in [0.15, 0.2) is 0 Å². The van der Waals surface area contributed by atoms with E-state index in [4.69, 9.17) is 4.74 Å². The van der Waals surface area contributed by atoms with Gasteiger partial charge < -0.3 is 15.4 Å². The van der Waals surface area contributed by atoms with Gasteiger partial charge in [0.25, 0.3) is 0 Å². The van der Waals surface area contributed by atoms with Crippen LogP contribution in [-0.2, 0) is 9.53 Å². The Morgan fingerprint density at radius 3 is 2.71 bits per heavy atom. The molecule has 1 unspecified atom stereocenters. The Labute approximate surface area is 84.4 Å². The number of carbonyl (C=O) groups is 1. The molecule has 0 bridgehead atoms. The normalized spacial score (nSPS) is 29.0. The first-order valence-electron chi connectivity index (χ1n) is 5.45. The number of hydrogen-bond donors (Lipinski definition) is 2. The molecule has 0 spiro atoms. The summed E-state index contributed by atoms with van der Waals surface area (Å²) in [6.07, 6.45) is 2.91. The maximum atomic E-state index is 11.7. The van der Waals surface area contributed by atoms with Crippen LogP contribution in [0.15, 0.2) is 0 Å². The lowest BCUT2D eigenvalue weighted by atomic mass is 10.1. The molecule has 0 radical (unpaired) electrons. The van der Waals surface area contributed by atoms with Crippen molar-refractivity contribution in [2.75, 3.05) is 26.3 Å². The molecular weight excluding hydrogens is 180 g/mol. The van der Waals surface area contributed by atoms with Crippen LogP contribution in [-0.4, -0.2) is 38.3 Å². The van der Waals surface area contributed by atoms with Crippen molar-refractivity contribution in [2.24, 2.45) is 5.92 Å². The summed E-state index contributed by atoms with van der Waals surface area (Å²) in [4.78, 5) is 11.7. The quantitative estimate of drug-likeness (QED) is 0.651. The first-order valence-corrected chi connectivity index (χ1v) is 5.45. The highest BCUT2D eigenvalue weighted by Crippen LogP contribution is 2.11. The number of nitrogens with one attached hydrogen (secondary N) is 2. The van der Waals surface area contributed by atoms with Gasteiger partial charge in [0.1, 0.15) is 0 Å². The topological polar surface area (TPSA) is 50.4 Å². The van der Waals surface area contributed by atoms with Crippen LogP contribution in [0.4, 0.5) is 0 Å². The first kappa shape index (κ1) is 9.93. The predicted molar refractivity (Wildman–Crippen MR) is 53.0 cm³/mol. The summed E-state index contributed by atoms with van der Waals surface area (Å²) in [5, 5.41) is 6.31. The monoisotopic (exact) mass is 198 g/mol. The van der Waals surface area contributed by atoms with Crippen molar-refractivity contribution in [3.8, 4) is 0 Å². The molecule has 0 saturated carbocycles. The highest BCUT2D eigenvalue weighted by molar-refractivity contribution is 5.79. The molecule has 1 atom stereocenters. The van der Waals surface area contributed by atoms with Gasteiger partial charge in [0, 0.05) is 25.8 Å². The highest BCUT2D eigenvalue weighted by atomic mass is 16.5. The summed E-state index contributed by atoms with van der Waals surface area (Å²) in [5.41, 5.74) is 0. The van der Waals surface area contributed by atoms with Crippen LogP contribution in [0.25, 0.3) is 0 Å². The predicted octanol–water partition coefficient (Wildman–Crippen LogP) is -0.109. The minimum Gasteiger partial charge on any atom is -0.381 e. The van der Waals surface area contributed by atoms with E-state index in [0.29, 0.717) is 6.04 Å². The fraction of sp³-hybridized carbons (Fsp3) is 0.900. The zero-order valence-corrected chi connectivity index (χ0v) is 8.42. The van der Waals surface area contributed by atoms with Crippen molar-refractivity contribution in [3.05, 3.63) is 0 Å². The third-order valence-electron chi connectivity index (χ3n) is 3.00. The van der Waals surface area contributed by atoms with Crippen molar-refractivity contribution in [1.29, 1.82) is 0 Å². The average Bonchev–Trinajstić information content (AvgIpc) is 2.72. The highest BCUT2D eigenvalue weighted by Gasteiger charge is 2.25. The van der Waals surface area contributed by atoms with Crippen molar-refractivity contribution in [1.82, 2.24) is 10.6 Å². The molecule has 2 aliphatic heterocycles. The van der Waals surface area contributed by atoms with Crippen LogP contribution in [0, 0.1) is 5.92 Å². The molecule has 80 valence electrons. The zero-order valence-electron chi connectivity index (χ0n) is 8.42. The van der Waals surface area contributed by atoms with Gasteiger partial charge in [-0.3, -0.25) is 4.79 Å². The van der Waals surface area contributed by atoms with Crippen molar-refractivity contribution in [3.63, 3.8) is 0 Å². The molecule has 2 aliphatic rings. The van der Waals surface area contributed by atoms with Gasteiger partial charge in [-0.25, -0.2) is 0 Å². The maximum Gasteiger partial charge on any atom is 0.224 e. The molecule has 0 aliphatic carbocycles. The Morgan fingerprint density at radius 2 is 2.07 bits per heavy atom. The smallest absolute Gasteiger partial charge is 0.224 e. The molecule has 1 amide bonds. The molecule has 4 heteroatoms. The number of rotatable bonds is 2. The van der Waals surface area contributed by atoms with Gasteiger partial charge in [0.2, 0.25) is 5.91 Å². The van der Waals surface area contributed by atoms with E-state index in [-0.39, 0.29) is 11.8 Å². The van der Waals surface area contributed by atoms with Crippen LogP contribution in [0.5, 0.6) is 0 Å². The Bertz CT molecular complexity index is 196. The summed E-state index contributed by atoms with van der Waals surface area (Å²) < 4.78 is 5.24. The Hall–Kier alpha value is -0.610. The molecule has 0 aromatic carbocycles. The van der Waals surface area contributed by atoms with Gasteiger partial charge in [-0.15, -0.1) is 0 Å². The second-order valence-electron chi connectivity index (χ2n) is 4.08. The molecule has 4 nitrogen and oxygen atoms in total. The first-order chi connectivity index (χ1) is 6.86. The van der Waals surface area contributed by atoms with Gasteiger partial charge in [-0.1, -0.05) is 0 Å². The average molecular weight is 198 g/mol. The lowest BCUT2D eigenvalue weighted by Gasteiger charge is -2.24. The summed E-state index contributed by atoms with van der Waals surface area (Å²) in [5.74, 6) is 0.416. The molecule has 2 rings (SSSR count). The van der Waals surface area contributed by atoms with E-state index in [1.807, 2.05) is 0 Å². The van der Waals surface area contributed by atoms with E-state index < -0.39 is 0 Å². The van der Waals surface area contributed by atoms with E-state index >= 15 is 0 Å². The minimum absolute atomic E-state index is 0.192. The summed E-state index contributed by atoms with van der Waals surface area (Å²) in [6.45, 7) is 3.39. The van der Waals surface area contributed by atoms with Crippen LogP contribution in [0.3, 0.4) is 0 Å². The van der Waals surface area contributed by atoms with E-state index in [9.17, 15) is 4.79 Å². The SMILES string of the molecule is O=C(NC1CCOCC1)C1CCNC1. The van der Waals surface area contributed by atoms with E-state index in [2.05, 4.69) is 10.6 Å². The second-order valence-corrected chi connectivity index (χ2v) is 4.08. The zero-order chi connectivity index (χ0) is 9.80. The number of ether oxygens (including phenoxy) is 1. The molecule has 0 aromatic heterocycles. The summed E-state index contributed by atoms with van der Waals surface area (Å²) >= 11 is 0. The lowest BCUT2D eigenvalue weighted by Crippen LogP contribution is -2.42. The van der Waals surface area contributed by atoms with Gasteiger partial charge >= 0.3 is 0 Å². The number of hydrogen-bond acceptors (Lipinski definition) is 3. The van der Waals surface area contributed by atoms with Crippen LogP contribution in [0.1, 0.15) is 19.3 Å². The molecule has 2 saturated heterocycles. The fourth-order valence-electron chi connectivity index (χ4n) is 2.04. The van der Waals surface area contributed by atoms with Gasteiger partial charge in [0.05, 0.1) is 5.92 Å². The lowest BCUT2D eigenvalue weighted by molar-refractivity contribution is -0.125. The van der Waals surface area contributed by atoms with Crippen molar-refractivity contribution in [2.45, 2.75) is 25.3 Å². The van der Waals surface area contributed by atoms with Crippen LogP contribution < -0.4 is 10.6 Å². The van der Waals surface area contributed by atoms with E-state index in [1.54, 1.807) is 0 Å². The van der Waals surface area contributed by atoms with Crippen molar-refractivity contribution < 1.29 is 9.53 Å². The van der Waals surface area contributed by atoms with Gasteiger partial charge in [-0.05, 0) is 25.8 Å². The number of carbonyl (C=O) groups excluding carboxylic acids is 1. The molecule has 0 aromatic rings. The summed E-state index contributed by atoms with van der Waals surface area (Å²) in [7, 11) is 0. The Balaban J connectivity index is 1.75. The molecule has 14 heavy (non-hydrogen) atoms. The van der Waals surface area contributed by atoms with Crippen LogP contribution >= 0.6 is 0 Å². The van der Waals surface area contributed by atoms with Crippen LogP contribution in [0.2, 0.25) is 0 Å². The molecular formula is C10H18N2O2. The third-order valence-corrected chi connectivity index (χ3v) is 3.00. The third kappa shape index (κ3) is 2.45. The minimum atomic E-state index is 0.192. The maximum absolute atomic E-state index is 11.7. The molecule has 2 heterocycles.